The van der Waals surface area contributed by atoms with E-state index in [9.17, 15) is 14.4 Å². The number of para-hydroxylation sites is 1. The summed E-state index contributed by atoms with van der Waals surface area (Å²) in [6, 6.07) is 10.3. The molecule has 2 N–H and O–H groups in total. The molecule has 0 saturated carbocycles. The molecular formula is C30H38N4O8. The highest BCUT2D eigenvalue weighted by atomic mass is 16.5. The van der Waals surface area contributed by atoms with E-state index in [1.165, 1.54) is 33.3 Å². The first-order valence-electron chi connectivity index (χ1n) is 13.2. The first-order chi connectivity index (χ1) is 19.9. The fourth-order valence-corrected chi connectivity index (χ4v) is 4.34. The van der Waals surface area contributed by atoms with Crippen LogP contribution in [-0.4, -0.2) is 56.9 Å². The minimum absolute atomic E-state index is 0.192. The van der Waals surface area contributed by atoms with E-state index in [1.54, 1.807) is 49.4 Å². The summed E-state index contributed by atoms with van der Waals surface area (Å²) < 4.78 is 27.1. The van der Waals surface area contributed by atoms with E-state index in [0.717, 1.165) is 0 Å². The third-order valence-corrected chi connectivity index (χ3v) is 6.11. The van der Waals surface area contributed by atoms with E-state index in [2.05, 4.69) is 15.8 Å². The van der Waals surface area contributed by atoms with Crippen molar-refractivity contribution in [2.24, 2.45) is 0 Å². The van der Waals surface area contributed by atoms with Gasteiger partial charge in [0.1, 0.15) is 23.3 Å². The smallest absolute Gasteiger partial charge is 0.248 e. The Morgan fingerprint density at radius 3 is 2.21 bits per heavy atom. The van der Waals surface area contributed by atoms with Gasteiger partial charge >= 0.3 is 0 Å². The standard InChI is InChI=1S/C30H38N4O8/c1-18-16-24(33-42-18)31-25(35)14-15-26(36)34(21-13-12-19(38-5)17-23(21)40-7)27(29(37)32-30(2,3)4)20-10-9-11-22(39-6)28(20)41-8/h9-13,16-17,27H,14-15H2,1-8H3,(H,32,37)(H,31,33,35). The molecule has 2 aromatic carbocycles. The van der Waals surface area contributed by atoms with Crippen molar-refractivity contribution >= 4 is 29.2 Å². The summed E-state index contributed by atoms with van der Waals surface area (Å²) in [5.74, 6) is 0.722. The highest BCUT2D eigenvalue weighted by molar-refractivity contribution is 6.04. The number of nitrogens with one attached hydrogen (secondary N) is 2. The average molecular weight is 583 g/mol. The Kier molecular flexibility index (Phi) is 10.4. The minimum atomic E-state index is -1.25. The molecule has 1 atom stereocenters. The monoisotopic (exact) mass is 582 g/mol. The van der Waals surface area contributed by atoms with Crippen molar-refractivity contribution in [2.45, 2.75) is 52.1 Å². The molecule has 1 heterocycles. The molecule has 0 radical (unpaired) electrons. The molecule has 3 rings (SSSR count). The quantitative estimate of drug-likeness (QED) is 0.317. The largest absolute Gasteiger partial charge is 0.497 e. The number of aromatic nitrogens is 1. The van der Waals surface area contributed by atoms with Crippen LogP contribution in [0.4, 0.5) is 11.5 Å². The van der Waals surface area contributed by atoms with Gasteiger partial charge in [0.05, 0.1) is 34.1 Å². The summed E-state index contributed by atoms with van der Waals surface area (Å²) in [6.07, 6.45) is -0.438. The molecule has 42 heavy (non-hydrogen) atoms. The molecule has 12 heteroatoms. The molecule has 0 saturated heterocycles. The Labute approximate surface area is 245 Å². The molecule has 3 aromatic rings. The molecule has 12 nitrogen and oxygen atoms in total. The minimum Gasteiger partial charge on any atom is -0.497 e. The van der Waals surface area contributed by atoms with E-state index >= 15 is 0 Å². The van der Waals surface area contributed by atoms with Gasteiger partial charge in [0.15, 0.2) is 17.3 Å². The number of rotatable bonds is 12. The Bertz CT molecular complexity index is 1410. The second kappa shape index (κ2) is 13.7. The van der Waals surface area contributed by atoms with E-state index in [1.807, 2.05) is 20.8 Å². The zero-order valence-electron chi connectivity index (χ0n) is 25.2. The van der Waals surface area contributed by atoms with Gasteiger partial charge in [0, 0.05) is 36.1 Å². The lowest BCUT2D eigenvalue weighted by Crippen LogP contribution is -2.49. The van der Waals surface area contributed by atoms with Crippen molar-refractivity contribution in [1.29, 1.82) is 0 Å². The van der Waals surface area contributed by atoms with Crippen LogP contribution < -0.4 is 34.5 Å². The Morgan fingerprint density at radius 1 is 0.929 bits per heavy atom. The lowest BCUT2D eigenvalue weighted by atomic mass is 9.98. The zero-order chi connectivity index (χ0) is 31.0. The number of anilines is 2. The predicted octanol–water partition coefficient (Wildman–Crippen LogP) is 4.43. The van der Waals surface area contributed by atoms with Crippen molar-refractivity contribution < 1.29 is 37.9 Å². The van der Waals surface area contributed by atoms with Crippen LogP contribution in [0.5, 0.6) is 23.0 Å². The first kappa shape index (κ1) is 31.8. The number of amides is 3. The van der Waals surface area contributed by atoms with Crippen LogP contribution in [0.25, 0.3) is 0 Å². The number of aryl methyl sites for hydroxylation is 1. The molecular weight excluding hydrogens is 544 g/mol. The molecule has 1 aromatic heterocycles. The van der Waals surface area contributed by atoms with Crippen molar-refractivity contribution in [2.75, 3.05) is 38.7 Å². The van der Waals surface area contributed by atoms with Crippen molar-refractivity contribution in [3.63, 3.8) is 0 Å². The highest BCUT2D eigenvalue weighted by Crippen LogP contribution is 2.42. The molecule has 0 fully saturated rings. The van der Waals surface area contributed by atoms with Crippen LogP contribution in [0.3, 0.4) is 0 Å². The molecule has 0 bridgehead atoms. The maximum absolute atomic E-state index is 14.1. The number of hydrogen-bond acceptors (Lipinski definition) is 9. The van der Waals surface area contributed by atoms with Gasteiger partial charge in [-0.25, -0.2) is 0 Å². The van der Waals surface area contributed by atoms with Crippen LogP contribution in [0.2, 0.25) is 0 Å². The number of methoxy groups -OCH3 is 4. The average Bonchev–Trinajstić information content (AvgIpc) is 3.36. The summed E-state index contributed by atoms with van der Waals surface area (Å²) in [6.45, 7) is 7.20. The van der Waals surface area contributed by atoms with Crippen LogP contribution in [0.1, 0.15) is 51.0 Å². The molecule has 3 amide bonds. The third-order valence-electron chi connectivity index (χ3n) is 6.11. The second-order valence-corrected chi connectivity index (χ2v) is 10.4. The lowest BCUT2D eigenvalue weighted by Gasteiger charge is -2.35. The van der Waals surface area contributed by atoms with E-state index in [4.69, 9.17) is 23.5 Å². The second-order valence-electron chi connectivity index (χ2n) is 10.4. The maximum atomic E-state index is 14.1. The highest BCUT2D eigenvalue weighted by Gasteiger charge is 2.38. The summed E-state index contributed by atoms with van der Waals surface area (Å²) in [4.78, 5) is 42.3. The van der Waals surface area contributed by atoms with Gasteiger partial charge in [-0.3, -0.25) is 19.3 Å². The lowest BCUT2D eigenvalue weighted by molar-refractivity contribution is -0.128. The molecule has 0 aliphatic carbocycles. The fraction of sp³-hybridized carbons (Fsp3) is 0.400. The molecule has 226 valence electrons. The zero-order valence-corrected chi connectivity index (χ0v) is 25.2. The van der Waals surface area contributed by atoms with Gasteiger partial charge in [0.25, 0.3) is 0 Å². The summed E-state index contributed by atoms with van der Waals surface area (Å²) >= 11 is 0. The van der Waals surface area contributed by atoms with Crippen molar-refractivity contribution in [1.82, 2.24) is 10.5 Å². The van der Waals surface area contributed by atoms with Gasteiger partial charge in [0.2, 0.25) is 17.7 Å². The van der Waals surface area contributed by atoms with Gasteiger partial charge in [-0.05, 0) is 45.9 Å². The van der Waals surface area contributed by atoms with Crippen molar-refractivity contribution in [3.05, 3.63) is 53.8 Å². The van der Waals surface area contributed by atoms with Gasteiger partial charge in [-0.1, -0.05) is 17.3 Å². The topological polar surface area (TPSA) is 141 Å². The van der Waals surface area contributed by atoms with Crippen LogP contribution in [-0.2, 0) is 14.4 Å². The first-order valence-corrected chi connectivity index (χ1v) is 13.2. The van der Waals surface area contributed by atoms with E-state index in [-0.39, 0.29) is 35.8 Å². The Morgan fingerprint density at radius 2 is 1.64 bits per heavy atom. The predicted molar refractivity (Wildman–Crippen MR) is 156 cm³/mol. The molecule has 0 aliphatic heterocycles. The normalized spacial score (nSPS) is 11.7. The number of ether oxygens (including phenoxy) is 4. The van der Waals surface area contributed by atoms with Crippen molar-refractivity contribution in [3.8, 4) is 23.0 Å². The Hall–Kier alpha value is -4.74. The number of benzene rings is 2. The number of carbonyl (C=O) groups is 3. The van der Waals surface area contributed by atoms with Crippen LogP contribution >= 0.6 is 0 Å². The van der Waals surface area contributed by atoms with Gasteiger partial charge < -0.3 is 34.1 Å². The van der Waals surface area contributed by atoms with Crippen LogP contribution in [0.15, 0.2) is 47.0 Å². The van der Waals surface area contributed by atoms with E-state index < -0.39 is 29.3 Å². The third kappa shape index (κ3) is 7.71. The fourth-order valence-electron chi connectivity index (χ4n) is 4.34. The maximum Gasteiger partial charge on any atom is 0.248 e. The van der Waals surface area contributed by atoms with E-state index in [0.29, 0.717) is 22.8 Å². The number of nitrogens with zero attached hydrogens (tertiary/aromatic N) is 2. The number of carbonyl (C=O) groups excluding carboxylic acids is 3. The SMILES string of the molecule is COc1ccc(N(C(=O)CCC(=O)Nc2cc(C)on2)C(C(=O)NC(C)(C)C)c2cccc(OC)c2OC)c(OC)c1. The van der Waals surface area contributed by atoms with Crippen LogP contribution in [0, 0.1) is 6.92 Å². The number of hydrogen-bond donors (Lipinski definition) is 2. The Balaban J connectivity index is 2.15. The summed E-state index contributed by atoms with van der Waals surface area (Å²) in [7, 11) is 5.89. The molecule has 0 spiro atoms. The molecule has 0 aliphatic rings. The van der Waals surface area contributed by atoms with Gasteiger partial charge in [-0.15, -0.1) is 0 Å². The van der Waals surface area contributed by atoms with Gasteiger partial charge in [-0.2, -0.15) is 0 Å². The molecule has 1 unspecified atom stereocenters. The summed E-state index contributed by atoms with van der Waals surface area (Å²) in [5, 5.41) is 9.35. The summed E-state index contributed by atoms with van der Waals surface area (Å²) in [5.41, 5.74) is 0.0116.